The van der Waals surface area contributed by atoms with Crippen molar-refractivity contribution in [3.8, 4) is 0 Å². The van der Waals surface area contributed by atoms with E-state index in [9.17, 15) is 22.8 Å². The minimum absolute atomic E-state index is 0.0341. The van der Waals surface area contributed by atoms with E-state index in [1.54, 1.807) is 0 Å². The fourth-order valence-corrected chi connectivity index (χ4v) is 3.60. The molecule has 1 aromatic rings. The van der Waals surface area contributed by atoms with E-state index in [1.807, 2.05) is 0 Å². The lowest BCUT2D eigenvalue weighted by atomic mass is 9.70. The van der Waals surface area contributed by atoms with Gasteiger partial charge in [-0.3, -0.25) is 9.59 Å². The molecule has 0 unspecified atom stereocenters. The molecule has 0 heterocycles. The molecule has 0 aromatic heterocycles. The molecule has 1 N–H and O–H groups in total. The summed E-state index contributed by atoms with van der Waals surface area (Å²) in [7, 11) is 0. The van der Waals surface area contributed by atoms with Crippen molar-refractivity contribution in [3.05, 3.63) is 28.8 Å². The van der Waals surface area contributed by atoms with Crippen molar-refractivity contribution >= 4 is 29.2 Å². The Morgan fingerprint density at radius 2 is 1.75 bits per heavy atom. The summed E-state index contributed by atoms with van der Waals surface area (Å²) in [6, 6.07) is 2.63. The van der Waals surface area contributed by atoms with E-state index < -0.39 is 30.2 Å². The second-order valence-electron chi connectivity index (χ2n) is 8.26. The van der Waals surface area contributed by atoms with E-state index >= 15 is 0 Å². The SMILES string of the molecule is CC(C)(C)C1CCC(C(=O)OCC(=O)Nc2cc(C(F)(F)F)ccc2Cl)CC1. The van der Waals surface area contributed by atoms with Crippen molar-refractivity contribution < 1.29 is 27.5 Å². The molecule has 0 bridgehead atoms. The van der Waals surface area contributed by atoms with Crippen molar-refractivity contribution in [2.75, 3.05) is 11.9 Å². The van der Waals surface area contributed by atoms with Crippen LogP contribution < -0.4 is 5.32 Å². The highest BCUT2D eigenvalue weighted by atomic mass is 35.5. The van der Waals surface area contributed by atoms with Crippen LogP contribution in [0.15, 0.2) is 18.2 Å². The maximum absolute atomic E-state index is 12.8. The van der Waals surface area contributed by atoms with E-state index in [0.717, 1.165) is 31.0 Å². The lowest BCUT2D eigenvalue weighted by molar-refractivity contribution is -0.153. The van der Waals surface area contributed by atoms with Gasteiger partial charge in [0.2, 0.25) is 0 Å². The van der Waals surface area contributed by atoms with Gasteiger partial charge in [-0.25, -0.2) is 0 Å². The van der Waals surface area contributed by atoms with E-state index in [0.29, 0.717) is 18.8 Å². The fraction of sp³-hybridized carbons (Fsp3) is 0.600. The van der Waals surface area contributed by atoms with Crippen molar-refractivity contribution in [3.63, 3.8) is 0 Å². The second-order valence-corrected chi connectivity index (χ2v) is 8.67. The normalized spacial score (nSPS) is 20.5. The summed E-state index contributed by atoms with van der Waals surface area (Å²) in [5.74, 6) is -0.887. The van der Waals surface area contributed by atoms with Gasteiger partial charge in [0.05, 0.1) is 22.2 Å². The number of ether oxygens (including phenoxy) is 1. The van der Waals surface area contributed by atoms with Gasteiger partial charge in [-0.15, -0.1) is 0 Å². The first-order chi connectivity index (χ1) is 12.9. The fourth-order valence-electron chi connectivity index (χ4n) is 3.43. The number of alkyl halides is 3. The standard InChI is InChI=1S/C20H25ClF3NO3/c1-19(2,3)13-6-4-12(5-7-13)18(27)28-11-17(26)25-16-10-14(20(22,23)24)8-9-15(16)21/h8-10,12-13H,4-7,11H2,1-3H3,(H,25,26). The zero-order chi connectivity index (χ0) is 21.1. The highest BCUT2D eigenvalue weighted by molar-refractivity contribution is 6.33. The summed E-state index contributed by atoms with van der Waals surface area (Å²) >= 11 is 5.84. The van der Waals surface area contributed by atoms with Gasteiger partial charge in [0.15, 0.2) is 6.61 Å². The van der Waals surface area contributed by atoms with Crippen molar-refractivity contribution in [2.45, 2.75) is 52.6 Å². The van der Waals surface area contributed by atoms with Gasteiger partial charge in [0.25, 0.3) is 5.91 Å². The Balaban J connectivity index is 1.85. The lowest BCUT2D eigenvalue weighted by Gasteiger charge is -2.36. The predicted molar refractivity (Wildman–Crippen MR) is 101 cm³/mol. The molecule has 1 amide bonds. The summed E-state index contributed by atoms with van der Waals surface area (Å²) < 4.78 is 43.4. The maximum Gasteiger partial charge on any atom is 0.416 e. The third-order valence-corrected chi connectivity index (χ3v) is 5.53. The van der Waals surface area contributed by atoms with Crippen LogP contribution in [0, 0.1) is 17.3 Å². The Labute approximate surface area is 167 Å². The molecule has 1 aliphatic rings. The molecule has 0 radical (unpaired) electrons. The van der Waals surface area contributed by atoms with Crippen LogP contribution in [0.5, 0.6) is 0 Å². The molecule has 0 spiro atoms. The summed E-state index contributed by atoms with van der Waals surface area (Å²) in [6.07, 6.45) is -1.28. The molecule has 156 valence electrons. The molecule has 0 saturated heterocycles. The number of amides is 1. The monoisotopic (exact) mass is 419 g/mol. The number of rotatable bonds is 4. The first-order valence-electron chi connectivity index (χ1n) is 9.21. The molecular formula is C20H25ClF3NO3. The Morgan fingerprint density at radius 3 is 2.29 bits per heavy atom. The van der Waals surface area contributed by atoms with Crippen LogP contribution in [0.4, 0.5) is 18.9 Å². The summed E-state index contributed by atoms with van der Waals surface area (Å²) in [4.78, 5) is 24.2. The molecule has 0 atom stereocenters. The van der Waals surface area contributed by atoms with Crippen LogP contribution in [-0.4, -0.2) is 18.5 Å². The molecule has 4 nitrogen and oxygen atoms in total. The Bertz CT molecular complexity index is 720. The predicted octanol–water partition coefficient (Wildman–Crippen LogP) is 5.69. The number of nitrogens with one attached hydrogen (secondary N) is 1. The molecule has 1 saturated carbocycles. The van der Waals surface area contributed by atoms with Gasteiger partial charge < -0.3 is 10.1 Å². The molecule has 8 heteroatoms. The average molecular weight is 420 g/mol. The number of carbonyl (C=O) groups excluding carboxylic acids is 2. The number of esters is 1. The number of hydrogen-bond acceptors (Lipinski definition) is 3. The zero-order valence-corrected chi connectivity index (χ0v) is 16.9. The topological polar surface area (TPSA) is 55.4 Å². The molecule has 1 aromatic carbocycles. The van der Waals surface area contributed by atoms with Crippen LogP contribution in [-0.2, 0) is 20.5 Å². The minimum Gasteiger partial charge on any atom is -0.455 e. The number of carbonyl (C=O) groups is 2. The van der Waals surface area contributed by atoms with E-state index in [-0.39, 0.29) is 22.0 Å². The van der Waals surface area contributed by atoms with E-state index in [1.165, 1.54) is 0 Å². The van der Waals surface area contributed by atoms with Crippen LogP contribution >= 0.6 is 11.6 Å². The van der Waals surface area contributed by atoms with Crippen LogP contribution in [0.25, 0.3) is 0 Å². The Kier molecular flexibility index (Phi) is 7.02. The van der Waals surface area contributed by atoms with Crippen molar-refractivity contribution in [1.82, 2.24) is 0 Å². The molecule has 1 fully saturated rings. The van der Waals surface area contributed by atoms with Gasteiger partial charge in [0, 0.05) is 0 Å². The van der Waals surface area contributed by atoms with Gasteiger partial charge in [-0.1, -0.05) is 32.4 Å². The highest BCUT2D eigenvalue weighted by Crippen LogP contribution is 2.40. The number of hydrogen-bond donors (Lipinski definition) is 1. The van der Waals surface area contributed by atoms with Crippen LogP contribution in [0.1, 0.15) is 52.0 Å². The lowest BCUT2D eigenvalue weighted by Crippen LogP contribution is -2.31. The summed E-state index contributed by atoms with van der Waals surface area (Å²) in [5.41, 5.74) is -0.915. The Morgan fingerprint density at radius 1 is 1.14 bits per heavy atom. The third-order valence-electron chi connectivity index (χ3n) is 5.20. The van der Waals surface area contributed by atoms with E-state index in [4.69, 9.17) is 16.3 Å². The van der Waals surface area contributed by atoms with Gasteiger partial charge >= 0.3 is 12.1 Å². The molecule has 2 rings (SSSR count). The first kappa shape index (κ1) is 22.5. The number of anilines is 1. The van der Waals surface area contributed by atoms with Gasteiger partial charge in [-0.2, -0.15) is 13.2 Å². The highest BCUT2D eigenvalue weighted by Gasteiger charge is 2.33. The smallest absolute Gasteiger partial charge is 0.416 e. The summed E-state index contributed by atoms with van der Waals surface area (Å²) in [6.45, 7) is 5.98. The second kappa shape index (κ2) is 8.72. The molecule has 0 aliphatic heterocycles. The minimum atomic E-state index is -4.55. The van der Waals surface area contributed by atoms with Crippen LogP contribution in [0.2, 0.25) is 5.02 Å². The molecule has 1 aliphatic carbocycles. The van der Waals surface area contributed by atoms with E-state index in [2.05, 4.69) is 26.1 Å². The molecule has 28 heavy (non-hydrogen) atoms. The van der Waals surface area contributed by atoms with Crippen LogP contribution in [0.3, 0.4) is 0 Å². The quantitative estimate of drug-likeness (QED) is 0.637. The number of benzene rings is 1. The van der Waals surface area contributed by atoms with Crippen molar-refractivity contribution in [1.29, 1.82) is 0 Å². The average Bonchev–Trinajstić information content (AvgIpc) is 2.60. The first-order valence-corrected chi connectivity index (χ1v) is 9.59. The Hall–Kier alpha value is -1.76. The third kappa shape index (κ3) is 6.12. The summed E-state index contributed by atoms with van der Waals surface area (Å²) in [5, 5.41) is 2.23. The number of halogens is 4. The van der Waals surface area contributed by atoms with Gasteiger partial charge in [0.1, 0.15) is 0 Å². The largest absolute Gasteiger partial charge is 0.455 e. The zero-order valence-electron chi connectivity index (χ0n) is 16.2. The molecular weight excluding hydrogens is 395 g/mol. The maximum atomic E-state index is 12.8. The van der Waals surface area contributed by atoms with Gasteiger partial charge in [-0.05, 0) is 55.2 Å². The van der Waals surface area contributed by atoms with Crippen molar-refractivity contribution in [2.24, 2.45) is 17.3 Å².